The number of hydrogen-bond acceptors (Lipinski definition) is 5. The molecule has 1 atom stereocenters. The van der Waals surface area contributed by atoms with Crippen molar-refractivity contribution in [3.8, 4) is 17.1 Å². The molecule has 4 rings (SSSR count). The van der Waals surface area contributed by atoms with Crippen molar-refractivity contribution >= 4 is 0 Å². The van der Waals surface area contributed by atoms with E-state index in [4.69, 9.17) is 9.26 Å². The Morgan fingerprint density at radius 2 is 1.89 bits per heavy atom. The van der Waals surface area contributed by atoms with E-state index in [1.807, 2.05) is 19.1 Å². The number of nitrogens with zero attached hydrogens (tertiary/aromatic N) is 3. The van der Waals surface area contributed by atoms with Crippen LogP contribution in [0.2, 0.25) is 0 Å². The van der Waals surface area contributed by atoms with E-state index in [9.17, 15) is 0 Å². The van der Waals surface area contributed by atoms with Crippen LogP contribution in [0.3, 0.4) is 0 Å². The van der Waals surface area contributed by atoms with Gasteiger partial charge in [0, 0.05) is 11.6 Å². The molecule has 0 N–H and O–H groups in total. The largest absolute Gasteiger partial charge is 0.494 e. The third-order valence-corrected chi connectivity index (χ3v) is 5.06. The zero-order valence-electron chi connectivity index (χ0n) is 15.9. The highest BCUT2D eigenvalue weighted by Gasteiger charge is 2.27. The van der Waals surface area contributed by atoms with E-state index in [1.54, 1.807) is 0 Å². The average molecular weight is 363 g/mol. The number of aromatic nitrogens is 2. The maximum absolute atomic E-state index is 5.55. The molecule has 0 bridgehead atoms. The number of ether oxygens (including phenoxy) is 1. The molecule has 2 aromatic carbocycles. The van der Waals surface area contributed by atoms with Crippen LogP contribution in [0.4, 0.5) is 0 Å². The molecule has 1 saturated heterocycles. The molecule has 3 aromatic rings. The van der Waals surface area contributed by atoms with Gasteiger partial charge in [0.05, 0.1) is 13.2 Å². The van der Waals surface area contributed by atoms with Crippen molar-refractivity contribution in [2.75, 3.05) is 13.2 Å². The predicted octanol–water partition coefficient (Wildman–Crippen LogP) is 4.78. The third-order valence-electron chi connectivity index (χ3n) is 5.06. The number of benzene rings is 2. The fourth-order valence-electron chi connectivity index (χ4n) is 3.66. The Balaban J connectivity index is 1.46. The Kier molecular flexibility index (Phi) is 5.21. The van der Waals surface area contributed by atoms with Crippen molar-refractivity contribution in [3.05, 3.63) is 65.5 Å². The van der Waals surface area contributed by atoms with E-state index >= 15 is 0 Å². The number of likely N-dealkylation sites (tertiary alicyclic amines) is 1. The highest BCUT2D eigenvalue weighted by atomic mass is 16.5. The Labute approximate surface area is 160 Å². The van der Waals surface area contributed by atoms with E-state index in [0.29, 0.717) is 30.9 Å². The van der Waals surface area contributed by atoms with Gasteiger partial charge in [0.2, 0.25) is 11.7 Å². The molecule has 1 fully saturated rings. The van der Waals surface area contributed by atoms with Crippen LogP contribution in [0.5, 0.6) is 5.75 Å². The van der Waals surface area contributed by atoms with Crippen LogP contribution < -0.4 is 4.74 Å². The first-order chi connectivity index (χ1) is 13.2. The van der Waals surface area contributed by atoms with Gasteiger partial charge in [-0.25, -0.2) is 0 Å². The van der Waals surface area contributed by atoms with Gasteiger partial charge < -0.3 is 9.26 Å². The fourth-order valence-corrected chi connectivity index (χ4v) is 3.66. The lowest BCUT2D eigenvalue weighted by Crippen LogP contribution is -2.22. The van der Waals surface area contributed by atoms with Gasteiger partial charge in [-0.15, -0.1) is 0 Å². The lowest BCUT2D eigenvalue weighted by molar-refractivity contribution is 0.212. The normalized spacial score (nSPS) is 17.3. The maximum atomic E-state index is 5.55. The predicted molar refractivity (Wildman–Crippen MR) is 104 cm³/mol. The minimum Gasteiger partial charge on any atom is -0.494 e. The van der Waals surface area contributed by atoms with Gasteiger partial charge in [0.1, 0.15) is 5.75 Å². The molecular weight excluding hydrogens is 338 g/mol. The molecule has 0 radical (unpaired) electrons. The smallest absolute Gasteiger partial charge is 0.241 e. The molecular formula is C22H25N3O2. The van der Waals surface area contributed by atoms with Crippen LogP contribution in [0.25, 0.3) is 11.4 Å². The zero-order chi connectivity index (χ0) is 18.6. The summed E-state index contributed by atoms with van der Waals surface area (Å²) in [5.74, 6) is 2.25. The van der Waals surface area contributed by atoms with Gasteiger partial charge >= 0.3 is 0 Å². The van der Waals surface area contributed by atoms with Crippen LogP contribution in [0.1, 0.15) is 42.8 Å². The summed E-state index contributed by atoms with van der Waals surface area (Å²) in [5, 5.41) is 4.16. The molecule has 1 aliphatic rings. The van der Waals surface area contributed by atoms with Crippen molar-refractivity contribution in [2.24, 2.45) is 0 Å². The van der Waals surface area contributed by atoms with Crippen molar-refractivity contribution in [3.63, 3.8) is 0 Å². The summed E-state index contributed by atoms with van der Waals surface area (Å²) < 4.78 is 11.1. The van der Waals surface area contributed by atoms with Crippen LogP contribution in [-0.4, -0.2) is 28.2 Å². The zero-order valence-corrected chi connectivity index (χ0v) is 15.9. The van der Waals surface area contributed by atoms with E-state index < -0.39 is 0 Å². The topological polar surface area (TPSA) is 51.4 Å². The standard InChI is InChI=1S/C22H25N3O2/c1-3-26-19-12-10-17(11-13-19)20-5-4-14-25(20)15-21-23-22(24-27-21)18-8-6-16(2)7-9-18/h6-13,20H,3-5,14-15H2,1-2H3. The quantitative estimate of drug-likeness (QED) is 0.631. The van der Waals surface area contributed by atoms with Crippen molar-refractivity contribution in [2.45, 2.75) is 39.3 Å². The van der Waals surface area contributed by atoms with Crippen molar-refractivity contribution in [1.82, 2.24) is 15.0 Å². The molecule has 27 heavy (non-hydrogen) atoms. The first-order valence-electron chi connectivity index (χ1n) is 9.59. The summed E-state index contributed by atoms with van der Waals surface area (Å²) in [5.41, 5.74) is 3.52. The van der Waals surface area contributed by atoms with Crippen LogP contribution >= 0.6 is 0 Å². The summed E-state index contributed by atoms with van der Waals surface area (Å²) in [6, 6.07) is 17.0. The summed E-state index contributed by atoms with van der Waals surface area (Å²) in [7, 11) is 0. The number of hydrogen-bond donors (Lipinski definition) is 0. The highest BCUT2D eigenvalue weighted by molar-refractivity contribution is 5.54. The van der Waals surface area contributed by atoms with E-state index in [-0.39, 0.29) is 0 Å². The van der Waals surface area contributed by atoms with Gasteiger partial charge in [-0.05, 0) is 50.9 Å². The summed E-state index contributed by atoms with van der Waals surface area (Å²) in [4.78, 5) is 7.02. The Morgan fingerprint density at radius 3 is 2.63 bits per heavy atom. The lowest BCUT2D eigenvalue weighted by atomic mass is 10.0. The molecule has 0 aliphatic carbocycles. The molecule has 0 saturated carbocycles. The summed E-state index contributed by atoms with van der Waals surface area (Å²) in [6.45, 7) is 6.48. The van der Waals surface area contributed by atoms with E-state index in [1.165, 1.54) is 17.5 Å². The first kappa shape index (κ1) is 17.7. The minimum absolute atomic E-state index is 0.385. The molecule has 5 nitrogen and oxygen atoms in total. The van der Waals surface area contributed by atoms with Crippen molar-refractivity contribution in [1.29, 1.82) is 0 Å². The van der Waals surface area contributed by atoms with Gasteiger partial charge in [-0.2, -0.15) is 4.98 Å². The molecule has 1 aromatic heterocycles. The Morgan fingerprint density at radius 1 is 1.11 bits per heavy atom. The summed E-state index contributed by atoms with van der Waals surface area (Å²) >= 11 is 0. The van der Waals surface area contributed by atoms with E-state index in [2.05, 4.69) is 58.4 Å². The minimum atomic E-state index is 0.385. The Bertz CT molecular complexity index is 871. The molecule has 140 valence electrons. The molecule has 1 unspecified atom stereocenters. The first-order valence-corrected chi connectivity index (χ1v) is 9.59. The van der Waals surface area contributed by atoms with E-state index in [0.717, 1.165) is 24.3 Å². The highest BCUT2D eigenvalue weighted by Crippen LogP contribution is 2.34. The van der Waals surface area contributed by atoms with Gasteiger partial charge in [-0.3, -0.25) is 4.90 Å². The molecule has 5 heteroatoms. The van der Waals surface area contributed by atoms with Gasteiger partial charge in [0.25, 0.3) is 0 Å². The average Bonchev–Trinajstić information content (AvgIpc) is 3.34. The maximum Gasteiger partial charge on any atom is 0.241 e. The summed E-state index contributed by atoms with van der Waals surface area (Å²) in [6.07, 6.45) is 2.32. The second-order valence-corrected chi connectivity index (χ2v) is 7.01. The SMILES string of the molecule is CCOc1ccc(C2CCCN2Cc2nc(-c3ccc(C)cc3)no2)cc1. The molecule has 0 spiro atoms. The molecule has 0 amide bonds. The third kappa shape index (κ3) is 4.03. The lowest BCUT2D eigenvalue weighted by Gasteiger charge is -2.23. The fraction of sp³-hybridized carbons (Fsp3) is 0.364. The molecule has 1 aliphatic heterocycles. The number of rotatable bonds is 6. The van der Waals surface area contributed by atoms with Gasteiger partial charge in [-0.1, -0.05) is 47.1 Å². The van der Waals surface area contributed by atoms with Gasteiger partial charge in [0.15, 0.2) is 0 Å². The van der Waals surface area contributed by atoms with Crippen molar-refractivity contribution < 1.29 is 9.26 Å². The second kappa shape index (κ2) is 7.92. The number of aryl methyl sites for hydroxylation is 1. The van der Waals surface area contributed by atoms with Crippen LogP contribution in [0, 0.1) is 6.92 Å². The van der Waals surface area contributed by atoms with Crippen LogP contribution in [0.15, 0.2) is 53.1 Å². The van der Waals surface area contributed by atoms with Crippen LogP contribution in [-0.2, 0) is 6.54 Å². The molecule has 2 heterocycles. The second-order valence-electron chi connectivity index (χ2n) is 7.01. The Hall–Kier alpha value is -2.66. The monoisotopic (exact) mass is 363 g/mol.